The summed E-state index contributed by atoms with van der Waals surface area (Å²) in [4.78, 5) is 161. The molecule has 17 N–H and O–H groups in total. The number of thioether (sulfide) groups is 1. The van der Waals surface area contributed by atoms with Crippen LogP contribution in [0.5, 0.6) is 5.75 Å². The molecule has 8 rings (SSSR count). The highest BCUT2D eigenvalue weighted by Gasteiger charge is 2.40. The van der Waals surface area contributed by atoms with Crippen molar-refractivity contribution in [3.05, 3.63) is 143 Å². The second-order valence-corrected chi connectivity index (χ2v) is 29.5. The monoisotopic (exact) mass is 1550 g/mol. The van der Waals surface area contributed by atoms with E-state index in [4.69, 9.17) is 16.9 Å². The van der Waals surface area contributed by atoms with Crippen LogP contribution in [0.2, 0.25) is 0 Å². The first-order valence-corrected chi connectivity index (χ1v) is 38.2. The number of nitrogens with one attached hydrogen (secondary N) is 10. The van der Waals surface area contributed by atoms with Crippen LogP contribution in [0.4, 0.5) is 22.7 Å². The molecule has 10 amide bonds. The van der Waals surface area contributed by atoms with Gasteiger partial charge in [-0.05, 0) is 154 Å². The molecule has 2 fully saturated rings. The first-order chi connectivity index (χ1) is 52.4. The van der Waals surface area contributed by atoms with Crippen LogP contribution in [0, 0.1) is 32.1 Å². The number of phenolic OH excluding ortho intramolecular Hbond substituents is 1. The molecule has 0 spiro atoms. The Hall–Kier alpha value is -11.7. The average Bonchev–Trinajstić information content (AvgIpc) is 0.942. The number of anilines is 2. The van der Waals surface area contributed by atoms with Crippen LogP contribution < -0.4 is 59.3 Å². The first-order valence-electron chi connectivity index (χ1n) is 35.7. The van der Waals surface area contributed by atoms with Crippen LogP contribution in [-0.2, 0) is 80.5 Å². The number of fused-ring (bicyclic) bond motifs is 1. The topological polar surface area (TPSA) is 512 Å². The zero-order valence-electron chi connectivity index (χ0n) is 60.9. The second kappa shape index (κ2) is 40.0. The van der Waals surface area contributed by atoms with Gasteiger partial charge in [-0.1, -0.05) is 78.4 Å². The predicted molar refractivity (Wildman–Crippen MR) is 410 cm³/mol. The molecular formula is C76H91N15O17S2. The van der Waals surface area contributed by atoms with E-state index >= 15 is 0 Å². The Labute approximate surface area is 638 Å². The molecule has 0 bridgehead atoms. The van der Waals surface area contributed by atoms with Crippen molar-refractivity contribution in [3.63, 3.8) is 0 Å². The summed E-state index contributed by atoms with van der Waals surface area (Å²) >= 11 is 0.953. The smallest absolute Gasteiger partial charge is 0.305 e. The molecule has 6 atom stereocenters. The molecule has 34 heteroatoms. The number of nitrogen functional groups attached to an aromatic ring is 1. The maximum absolute atomic E-state index is 14.2. The quantitative estimate of drug-likeness (QED) is 0.00489. The Morgan fingerprint density at radius 3 is 2.03 bits per heavy atom. The predicted octanol–water partition coefficient (Wildman–Crippen LogP) is 5.01. The fraction of sp³-hybridized carbons (Fsp3) is 0.382. The molecule has 0 aliphatic carbocycles. The van der Waals surface area contributed by atoms with E-state index in [0.717, 1.165) is 50.5 Å². The van der Waals surface area contributed by atoms with E-state index in [1.165, 1.54) is 18.2 Å². The van der Waals surface area contributed by atoms with E-state index in [9.17, 15) is 80.7 Å². The normalized spacial score (nSPS) is 17.6. The number of hydrogen-bond acceptors (Lipinski definition) is 20. The highest BCUT2D eigenvalue weighted by atomic mass is 32.2. The van der Waals surface area contributed by atoms with Gasteiger partial charge in [-0.2, -0.15) is 13.5 Å². The molecule has 2 aliphatic heterocycles. The van der Waals surface area contributed by atoms with Crippen molar-refractivity contribution in [2.24, 2.45) is 21.9 Å². The number of benzene rings is 6. The van der Waals surface area contributed by atoms with Gasteiger partial charge in [0.1, 0.15) is 28.7 Å². The van der Waals surface area contributed by atoms with Gasteiger partial charge in [-0.3, -0.25) is 72.4 Å². The zero-order valence-corrected chi connectivity index (χ0v) is 62.6. The number of azo groups is 1. The Bertz CT molecular complexity index is 4600. The summed E-state index contributed by atoms with van der Waals surface area (Å²) in [6.45, 7) is 5.07. The Kier molecular flexibility index (Phi) is 30.5. The van der Waals surface area contributed by atoms with E-state index in [2.05, 4.69) is 58.1 Å². The van der Waals surface area contributed by atoms with E-state index in [1.54, 1.807) is 42.5 Å². The summed E-state index contributed by atoms with van der Waals surface area (Å²) in [6, 6.07) is 27.0. The van der Waals surface area contributed by atoms with Crippen molar-refractivity contribution >= 4 is 132 Å². The Morgan fingerprint density at radius 2 is 1.34 bits per heavy atom. The molecule has 32 nitrogen and oxygen atoms in total. The van der Waals surface area contributed by atoms with Gasteiger partial charge in [0.15, 0.2) is 17.5 Å². The summed E-state index contributed by atoms with van der Waals surface area (Å²) < 4.78 is 33.7. The number of carboxylic acid groups (broad SMARTS) is 1. The number of nitrogens with two attached hydrogens (primary N) is 2. The average molecular weight is 1550 g/mol. The number of rotatable bonds is 33. The summed E-state index contributed by atoms with van der Waals surface area (Å²) in [7, 11) is -4.63. The molecule has 2 aliphatic rings. The van der Waals surface area contributed by atoms with Gasteiger partial charge in [0.25, 0.3) is 10.1 Å². The number of hydrogen-bond donors (Lipinski definition) is 15. The molecule has 0 aromatic heterocycles. The van der Waals surface area contributed by atoms with Crippen molar-refractivity contribution in [3.8, 4) is 16.9 Å². The summed E-state index contributed by atoms with van der Waals surface area (Å²) in [5.74, 6) is -10.3. The molecular weight excluding hydrogens is 1460 g/mol. The van der Waals surface area contributed by atoms with Crippen molar-refractivity contribution in [2.45, 2.75) is 145 Å². The number of phenols is 1. The lowest BCUT2D eigenvalue weighted by molar-refractivity contribution is -0.141. The fourth-order valence-electron chi connectivity index (χ4n) is 12.5. The largest absolute Gasteiger partial charge is 0.505 e. The zero-order chi connectivity index (χ0) is 79.8. The number of unbranched alkanes of at least 4 members (excludes halogenated alkanes) is 2. The molecule has 0 saturated carbocycles. The number of ketones is 1. The number of likely N-dealkylation sites (tertiary alicyclic amines) is 1. The third-order valence-electron chi connectivity index (χ3n) is 18.4. The molecule has 6 aromatic rings. The minimum atomic E-state index is -4.63. The van der Waals surface area contributed by atoms with Gasteiger partial charge < -0.3 is 69.5 Å². The van der Waals surface area contributed by atoms with Gasteiger partial charge in [-0.15, -0.1) is 16.9 Å². The molecule has 1 unspecified atom stereocenters. The van der Waals surface area contributed by atoms with E-state index < -0.39 is 140 Å². The van der Waals surface area contributed by atoms with Gasteiger partial charge in [0, 0.05) is 68.1 Å². The number of aryl methyl sites for hydroxylation is 3. The van der Waals surface area contributed by atoms with Crippen molar-refractivity contribution in [1.82, 2.24) is 47.4 Å². The SMILES string of the molecule is Cc1ccc(CC(=O)N[C@H](CCCCNC(=O)CCN2C(=O)CC(SCC(=O)NCCCC[C@H]3NC(=O)[C@H](Cc4ccccc4)CC(=O)[C@H](CC(=O)O)NC(=O)CNC(=O)[C@H](CCCNC(=N)N)NC3=O)C2=O)C(=O)Nc2ccc(-c3ccc(N=Nc4ccc5c(S(=O)(=O)O)ccc(N)c5c4O)c(C)c3)cc2C)cc1. The maximum atomic E-state index is 14.2. The van der Waals surface area contributed by atoms with E-state index in [1.807, 2.05) is 69.3 Å². The van der Waals surface area contributed by atoms with E-state index in [0.29, 0.717) is 35.3 Å². The highest BCUT2D eigenvalue weighted by molar-refractivity contribution is 8.01. The number of nitrogens with zero attached hydrogens (tertiary/aromatic N) is 3. The molecule has 2 saturated heterocycles. The van der Waals surface area contributed by atoms with Crippen LogP contribution in [0.15, 0.2) is 130 Å². The van der Waals surface area contributed by atoms with Crippen LogP contribution in [0.1, 0.15) is 105 Å². The number of carboxylic acids is 1. The number of carbonyl (C=O) groups excluding carboxylic acids is 11. The van der Waals surface area contributed by atoms with Crippen LogP contribution in [0.25, 0.3) is 21.9 Å². The Morgan fingerprint density at radius 1 is 0.691 bits per heavy atom. The third kappa shape index (κ3) is 25.0. The van der Waals surface area contributed by atoms with Crippen molar-refractivity contribution in [2.75, 3.05) is 49.5 Å². The number of guanidine groups is 1. The molecule has 584 valence electrons. The fourth-order valence-corrected chi connectivity index (χ4v) is 14.1. The van der Waals surface area contributed by atoms with Gasteiger partial charge in [-0.25, -0.2) is 0 Å². The lowest BCUT2D eigenvalue weighted by Gasteiger charge is -2.25. The number of aliphatic carboxylic acids is 1. The lowest BCUT2D eigenvalue weighted by Crippen LogP contribution is -2.55. The minimum Gasteiger partial charge on any atom is -0.505 e. The van der Waals surface area contributed by atoms with Crippen molar-refractivity contribution in [1.29, 1.82) is 5.41 Å². The molecule has 0 radical (unpaired) electrons. The summed E-state index contributed by atoms with van der Waals surface area (Å²) in [5, 5.41) is 59.9. The van der Waals surface area contributed by atoms with Crippen LogP contribution >= 0.6 is 11.8 Å². The minimum absolute atomic E-state index is 0.00655. The van der Waals surface area contributed by atoms with Gasteiger partial charge in [0.05, 0.1) is 47.5 Å². The summed E-state index contributed by atoms with van der Waals surface area (Å²) in [5.41, 5.74) is 18.0. The third-order valence-corrected chi connectivity index (χ3v) is 20.5. The van der Waals surface area contributed by atoms with E-state index in [-0.39, 0.29) is 130 Å². The first kappa shape index (κ1) is 84.0. The second-order valence-electron chi connectivity index (χ2n) is 26.9. The van der Waals surface area contributed by atoms with Crippen molar-refractivity contribution < 1.29 is 80.7 Å². The number of carbonyl (C=O) groups is 12. The van der Waals surface area contributed by atoms with Crippen LogP contribution in [-0.4, -0.2) is 173 Å². The number of aromatic hydroxyl groups is 1. The van der Waals surface area contributed by atoms with Gasteiger partial charge in [0.2, 0.25) is 59.1 Å². The summed E-state index contributed by atoms with van der Waals surface area (Å²) in [6.07, 6.45) is -0.104. The standard InChI is InChI=1S/C76H91N15O17S2/c1-43-17-19-47(20-18-43)37-64(94)84-57(73(103)86-53-25-21-48(34-44(53)2)49-22-26-54(45(3)35-49)89-90-55-27-23-51-62(110(106,107)108)28-24-52(77)69(51)70(55)100)14-7-9-30-80-63(93)29-33-91-67(97)40-61(75(91)105)109-42-66(96)81-31-10-8-15-58-74(104)88-56(16-11-32-82-76(78)79)72(102)83-41-65(95)85-59(39-68(98)99)60(92)38-50(71(101)87-58)36-46-12-5-4-6-13-46/h4-6,12-13,17-28,34-35,50,56-59,61,100H,7-11,14-16,29-33,36-42,77H2,1-3H3,(H,80,93)(H,81,96)(H,83,102)(H,84,94)(H,85,95)(H,86,103)(H,87,101)(H,88,104)(H,98,99)(H4,78,79,82)(H,106,107,108)/t50-,56+,57-,58-,59+,61?/m1/s1. The van der Waals surface area contributed by atoms with Crippen LogP contribution in [0.3, 0.4) is 0 Å². The number of Topliss-reactive ketones (excluding diaryl/α,β-unsaturated/α-hetero) is 1. The molecule has 6 aromatic carbocycles. The van der Waals surface area contributed by atoms with Gasteiger partial charge >= 0.3 is 5.97 Å². The lowest BCUT2D eigenvalue weighted by atomic mass is 9.90. The maximum Gasteiger partial charge on any atom is 0.305 e. The number of amides is 10. The number of imide groups is 1. The highest BCUT2D eigenvalue weighted by Crippen LogP contribution is 2.42. The molecule has 2 heterocycles. The Balaban J connectivity index is 0.796. The molecule has 110 heavy (non-hydrogen) atoms.